The predicted octanol–water partition coefficient (Wildman–Crippen LogP) is 3.80. The highest BCUT2D eigenvalue weighted by atomic mass is 79.9. The van der Waals surface area contributed by atoms with Gasteiger partial charge < -0.3 is 10.5 Å². The summed E-state index contributed by atoms with van der Waals surface area (Å²) in [5.74, 6) is -0.191. The Bertz CT molecular complexity index is 618. The van der Waals surface area contributed by atoms with Gasteiger partial charge in [-0.05, 0) is 29.8 Å². The Balaban J connectivity index is 2.10. The van der Waals surface area contributed by atoms with E-state index in [4.69, 9.17) is 22.7 Å². The third-order valence-corrected chi connectivity index (χ3v) is 3.23. The molecule has 0 aromatic heterocycles. The van der Waals surface area contributed by atoms with Gasteiger partial charge in [-0.2, -0.15) is 0 Å². The number of thiocarbonyl (C=S) groups is 1. The van der Waals surface area contributed by atoms with Gasteiger partial charge in [0.25, 0.3) is 0 Å². The summed E-state index contributed by atoms with van der Waals surface area (Å²) in [6, 6.07) is 12.0. The minimum absolute atomic E-state index is 0.212. The summed E-state index contributed by atoms with van der Waals surface area (Å²) in [6.07, 6.45) is 0. The minimum atomic E-state index is -0.403. The fourth-order valence-electron chi connectivity index (χ4n) is 1.57. The quantitative estimate of drug-likeness (QED) is 0.860. The Morgan fingerprint density at radius 2 is 2.05 bits per heavy atom. The van der Waals surface area contributed by atoms with Crippen molar-refractivity contribution in [2.24, 2.45) is 5.73 Å². The van der Waals surface area contributed by atoms with Crippen LogP contribution in [-0.4, -0.2) is 4.99 Å². The van der Waals surface area contributed by atoms with Gasteiger partial charge in [0.15, 0.2) is 11.6 Å². The number of ether oxygens (including phenoxy) is 1. The normalized spacial score (nSPS) is 10.2. The lowest BCUT2D eigenvalue weighted by Gasteiger charge is -2.08. The summed E-state index contributed by atoms with van der Waals surface area (Å²) in [7, 11) is 0. The van der Waals surface area contributed by atoms with E-state index in [1.54, 1.807) is 12.1 Å². The van der Waals surface area contributed by atoms with E-state index in [9.17, 15) is 4.39 Å². The molecule has 2 nitrogen and oxygen atoms in total. The largest absolute Gasteiger partial charge is 0.486 e. The maximum Gasteiger partial charge on any atom is 0.166 e. The second-order valence-corrected chi connectivity index (χ2v) is 5.28. The van der Waals surface area contributed by atoms with Crippen molar-refractivity contribution in [2.45, 2.75) is 6.61 Å². The van der Waals surface area contributed by atoms with Crippen LogP contribution in [0, 0.1) is 5.82 Å². The Labute approximate surface area is 124 Å². The zero-order valence-electron chi connectivity index (χ0n) is 9.90. The van der Waals surface area contributed by atoms with Crippen molar-refractivity contribution in [3.8, 4) is 5.75 Å². The molecule has 0 aliphatic carbocycles. The molecule has 0 unspecified atom stereocenters. The van der Waals surface area contributed by atoms with Crippen molar-refractivity contribution in [1.82, 2.24) is 0 Å². The predicted molar refractivity (Wildman–Crippen MR) is 80.8 cm³/mol. The number of rotatable bonds is 4. The standard InChI is InChI=1S/C14H11BrFNOS/c15-11-4-5-13(12(16)7-11)18-8-9-2-1-3-10(6-9)14(17)19/h1-7H,8H2,(H2,17,19). The van der Waals surface area contributed by atoms with Crippen molar-refractivity contribution >= 4 is 33.1 Å². The average molecular weight is 340 g/mol. The second kappa shape index (κ2) is 6.12. The molecule has 0 aliphatic rings. The lowest BCUT2D eigenvalue weighted by Crippen LogP contribution is -2.09. The van der Waals surface area contributed by atoms with E-state index in [0.717, 1.165) is 11.1 Å². The maximum absolute atomic E-state index is 13.6. The van der Waals surface area contributed by atoms with E-state index in [-0.39, 0.29) is 12.4 Å². The molecule has 2 aromatic carbocycles. The molecule has 5 heteroatoms. The Morgan fingerprint density at radius 3 is 2.74 bits per heavy atom. The number of hydrogen-bond acceptors (Lipinski definition) is 2. The summed E-state index contributed by atoms with van der Waals surface area (Å²) in [4.78, 5) is 0.330. The monoisotopic (exact) mass is 339 g/mol. The van der Waals surface area contributed by atoms with Crippen LogP contribution >= 0.6 is 28.1 Å². The molecular formula is C14H11BrFNOS. The molecule has 0 aliphatic heterocycles. The Kier molecular flexibility index (Phi) is 4.50. The number of halogens is 2. The number of nitrogens with two attached hydrogens (primary N) is 1. The molecule has 0 spiro atoms. The van der Waals surface area contributed by atoms with E-state index in [1.807, 2.05) is 24.3 Å². The van der Waals surface area contributed by atoms with Gasteiger partial charge in [0.1, 0.15) is 11.6 Å². The first kappa shape index (κ1) is 14.0. The fraction of sp³-hybridized carbons (Fsp3) is 0.0714. The third kappa shape index (κ3) is 3.75. The first-order valence-corrected chi connectivity index (χ1v) is 6.73. The SMILES string of the molecule is NC(=S)c1cccc(COc2ccc(Br)cc2F)c1. The van der Waals surface area contributed by atoms with E-state index >= 15 is 0 Å². The summed E-state index contributed by atoms with van der Waals surface area (Å²) < 4.78 is 19.7. The van der Waals surface area contributed by atoms with Gasteiger partial charge in [-0.3, -0.25) is 0 Å². The number of hydrogen-bond donors (Lipinski definition) is 1. The van der Waals surface area contributed by atoms with Gasteiger partial charge in [0, 0.05) is 10.0 Å². The van der Waals surface area contributed by atoms with Crippen molar-refractivity contribution in [3.63, 3.8) is 0 Å². The summed E-state index contributed by atoms with van der Waals surface area (Å²) in [5, 5.41) is 0. The maximum atomic E-state index is 13.6. The van der Waals surface area contributed by atoms with Crippen molar-refractivity contribution in [2.75, 3.05) is 0 Å². The highest BCUT2D eigenvalue weighted by Crippen LogP contribution is 2.22. The molecule has 98 valence electrons. The van der Waals surface area contributed by atoms with Gasteiger partial charge in [0.05, 0.1) is 0 Å². The van der Waals surface area contributed by atoms with Crippen molar-refractivity contribution in [3.05, 3.63) is 63.9 Å². The second-order valence-electron chi connectivity index (χ2n) is 3.93. The van der Waals surface area contributed by atoms with Crippen molar-refractivity contribution in [1.29, 1.82) is 0 Å². The van der Waals surface area contributed by atoms with Crippen LogP contribution in [-0.2, 0) is 6.61 Å². The summed E-state index contributed by atoms with van der Waals surface area (Å²) in [6.45, 7) is 0.259. The summed E-state index contributed by atoms with van der Waals surface area (Å²) in [5.41, 5.74) is 7.21. The molecule has 0 bridgehead atoms. The van der Waals surface area contributed by atoms with E-state index in [2.05, 4.69) is 15.9 Å². The first-order valence-electron chi connectivity index (χ1n) is 5.53. The smallest absolute Gasteiger partial charge is 0.166 e. The van der Waals surface area contributed by atoms with Crippen LogP contribution in [0.1, 0.15) is 11.1 Å². The van der Waals surface area contributed by atoms with Crippen LogP contribution < -0.4 is 10.5 Å². The van der Waals surface area contributed by atoms with Gasteiger partial charge in [-0.25, -0.2) is 4.39 Å². The molecule has 0 atom stereocenters. The highest BCUT2D eigenvalue weighted by Gasteiger charge is 2.05. The zero-order valence-corrected chi connectivity index (χ0v) is 12.3. The molecule has 0 saturated heterocycles. The Morgan fingerprint density at radius 1 is 1.26 bits per heavy atom. The fourth-order valence-corrected chi connectivity index (χ4v) is 2.03. The molecule has 2 rings (SSSR count). The molecule has 19 heavy (non-hydrogen) atoms. The molecule has 0 saturated carbocycles. The van der Waals surface area contributed by atoms with E-state index in [0.29, 0.717) is 9.46 Å². The van der Waals surface area contributed by atoms with E-state index in [1.165, 1.54) is 6.07 Å². The van der Waals surface area contributed by atoms with Crippen LogP contribution in [0.4, 0.5) is 4.39 Å². The molecule has 0 heterocycles. The summed E-state index contributed by atoms with van der Waals surface area (Å²) >= 11 is 8.10. The van der Waals surface area contributed by atoms with Crippen LogP contribution in [0.3, 0.4) is 0 Å². The molecule has 0 amide bonds. The van der Waals surface area contributed by atoms with Gasteiger partial charge in [0.2, 0.25) is 0 Å². The Hall–Kier alpha value is -1.46. The topological polar surface area (TPSA) is 35.2 Å². The first-order chi connectivity index (χ1) is 9.06. The van der Waals surface area contributed by atoms with Crippen LogP contribution in [0.25, 0.3) is 0 Å². The minimum Gasteiger partial charge on any atom is -0.486 e. The molecule has 2 aromatic rings. The van der Waals surface area contributed by atoms with Gasteiger partial charge >= 0.3 is 0 Å². The van der Waals surface area contributed by atoms with Gasteiger partial charge in [-0.15, -0.1) is 0 Å². The third-order valence-electron chi connectivity index (χ3n) is 2.50. The molecular weight excluding hydrogens is 329 g/mol. The highest BCUT2D eigenvalue weighted by molar-refractivity contribution is 9.10. The number of benzene rings is 2. The molecule has 0 radical (unpaired) electrons. The lowest BCUT2D eigenvalue weighted by atomic mass is 10.1. The van der Waals surface area contributed by atoms with Crippen LogP contribution in [0.5, 0.6) is 5.75 Å². The van der Waals surface area contributed by atoms with Crippen molar-refractivity contribution < 1.29 is 9.13 Å². The molecule has 2 N–H and O–H groups in total. The van der Waals surface area contributed by atoms with E-state index < -0.39 is 5.82 Å². The molecule has 0 fully saturated rings. The van der Waals surface area contributed by atoms with Gasteiger partial charge in [-0.1, -0.05) is 46.3 Å². The zero-order chi connectivity index (χ0) is 13.8. The van der Waals surface area contributed by atoms with Crippen LogP contribution in [0.2, 0.25) is 0 Å². The average Bonchev–Trinajstić information content (AvgIpc) is 2.38. The lowest BCUT2D eigenvalue weighted by molar-refractivity contribution is 0.290. The van der Waals surface area contributed by atoms with Crippen LogP contribution in [0.15, 0.2) is 46.9 Å².